The molecule has 148 valence electrons. The van der Waals surface area contributed by atoms with E-state index >= 15 is 0 Å². The highest BCUT2D eigenvalue weighted by Crippen LogP contribution is 2.39. The largest absolute Gasteiger partial charge is 0.481 e. The van der Waals surface area contributed by atoms with Gasteiger partial charge in [0.05, 0.1) is 18.2 Å². The Morgan fingerprint density at radius 3 is 2.59 bits per heavy atom. The predicted molar refractivity (Wildman–Crippen MR) is 115 cm³/mol. The molecule has 2 aliphatic rings. The zero-order valence-electron chi connectivity index (χ0n) is 15.0. The van der Waals surface area contributed by atoms with Crippen molar-refractivity contribution in [3.05, 3.63) is 69.7 Å². The first-order chi connectivity index (χ1) is 13.9. The Labute approximate surface area is 181 Å². The Hall–Kier alpha value is -2.35. The smallest absolute Gasteiger partial charge is 0.305 e. The van der Waals surface area contributed by atoms with Crippen LogP contribution in [0.15, 0.2) is 58.6 Å². The SMILES string of the molecule is O=C(O)CC1SC(N2N=C(c3ccccc3Cl)CC2c2ccc(Cl)cc2)=NC1=O. The molecule has 0 aliphatic carbocycles. The number of carbonyl (C=O) groups is 2. The van der Waals surface area contributed by atoms with Gasteiger partial charge in [-0.1, -0.05) is 65.3 Å². The third-order valence-corrected chi connectivity index (χ3v) is 6.36. The highest BCUT2D eigenvalue weighted by molar-refractivity contribution is 8.15. The summed E-state index contributed by atoms with van der Waals surface area (Å²) in [6.07, 6.45) is 0.278. The minimum Gasteiger partial charge on any atom is -0.481 e. The molecule has 0 radical (unpaired) electrons. The summed E-state index contributed by atoms with van der Waals surface area (Å²) in [6, 6.07) is 14.6. The van der Waals surface area contributed by atoms with Crippen LogP contribution in [0.4, 0.5) is 0 Å². The van der Waals surface area contributed by atoms with E-state index in [0.717, 1.165) is 28.6 Å². The van der Waals surface area contributed by atoms with Crippen LogP contribution in [0.5, 0.6) is 0 Å². The first-order valence-electron chi connectivity index (χ1n) is 8.80. The zero-order valence-corrected chi connectivity index (χ0v) is 17.3. The van der Waals surface area contributed by atoms with Gasteiger partial charge in [-0.15, -0.1) is 0 Å². The monoisotopic (exact) mass is 447 g/mol. The van der Waals surface area contributed by atoms with E-state index in [1.54, 1.807) is 23.2 Å². The van der Waals surface area contributed by atoms with Crippen molar-refractivity contribution >= 4 is 57.7 Å². The molecule has 0 aromatic heterocycles. The molecule has 1 N–H and O–H groups in total. The van der Waals surface area contributed by atoms with Crippen LogP contribution in [0.1, 0.15) is 30.0 Å². The second kappa shape index (κ2) is 8.18. The molecule has 2 aliphatic heterocycles. The molecule has 2 unspecified atom stereocenters. The van der Waals surface area contributed by atoms with Crippen molar-refractivity contribution in [1.29, 1.82) is 0 Å². The lowest BCUT2D eigenvalue weighted by atomic mass is 9.98. The Bertz CT molecular complexity index is 1040. The summed E-state index contributed by atoms with van der Waals surface area (Å²) in [5.41, 5.74) is 2.54. The van der Waals surface area contributed by atoms with E-state index in [9.17, 15) is 9.59 Å². The number of amidine groups is 1. The minimum atomic E-state index is -1.04. The van der Waals surface area contributed by atoms with Crippen LogP contribution in [0, 0.1) is 0 Å². The number of carboxylic acid groups (broad SMARTS) is 1. The van der Waals surface area contributed by atoms with Crippen molar-refractivity contribution in [3.63, 3.8) is 0 Å². The fourth-order valence-electron chi connectivity index (χ4n) is 3.25. The lowest BCUT2D eigenvalue weighted by molar-refractivity contribution is -0.138. The van der Waals surface area contributed by atoms with Gasteiger partial charge in [0.2, 0.25) is 0 Å². The van der Waals surface area contributed by atoms with Crippen molar-refractivity contribution in [2.24, 2.45) is 10.1 Å². The molecule has 9 heteroatoms. The summed E-state index contributed by atoms with van der Waals surface area (Å²) in [5, 5.41) is 16.3. The molecule has 29 heavy (non-hydrogen) atoms. The number of hydrogen-bond donors (Lipinski definition) is 1. The van der Waals surface area contributed by atoms with Gasteiger partial charge in [-0.2, -0.15) is 10.1 Å². The van der Waals surface area contributed by atoms with Gasteiger partial charge in [-0.3, -0.25) is 9.59 Å². The zero-order chi connectivity index (χ0) is 20.5. The third-order valence-electron chi connectivity index (χ3n) is 4.63. The lowest BCUT2D eigenvalue weighted by Gasteiger charge is -2.23. The lowest BCUT2D eigenvalue weighted by Crippen LogP contribution is -2.24. The predicted octanol–water partition coefficient (Wildman–Crippen LogP) is 4.62. The van der Waals surface area contributed by atoms with Gasteiger partial charge in [-0.25, -0.2) is 5.01 Å². The molecule has 1 amide bonds. The Balaban J connectivity index is 1.69. The maximum Gasteiger partial charge on any atom is 0.305 e. The first-order valence-corrected chi connectivity index (χ1v) is 10.4. The Morgan fingerprint density at radius 1 is 1.17 bits per heavy atom. The van der Waals surface area contributed by atoms with Gasteiger partial charge in [0, 0.05) is 22.0 Å². The molecule has 2 aromatic carbocycles. The number of hydrazone groups is 1. The number of nitrogens with zero attached hydrogens (tertiary/aromatic N) is 3. The number of carboxylic acids is 1. The highest BCUT2D eigenvalue weighted by Gasteiger charge is 2.39. The van der Waals surface area contributed by atoms with Crippen LogP contribution in [-0.2, 0) is 9.59 Å². The van der Waals surface area contributed by atoms with Gasteiger partial charge in [-0.05, 0) is 23.8 Å². The maximum atomic E-state index is 12.2. The summed E-state index contributed by atoms with van der Waals surface area (Å²) in [6.45, 7) is 0. The molecule has 0 spiro atoms. The van der Waals surface area contributed by atoms with E-state index in [0.29, 0.717) is 21.6 Å². The number of rotatable bonds is 4. The average molecular weight is 448 g/mol. The minimum absolute atomic E-state index is 0.207. The summed E-state index contributed by atoms with van der Waals surface area (Å²) in [7, 11) is 0. The summed E-state index contributed by atoms with van der Waals surface area (Å²) >= 11 is 13.5. The van der Waals surface area contributed by atoms with E-state index in [2.05, 4.69) is 4.99 Å². The van der Waals surface area contributed by atoms with Crippen LogP contribution in [0.2, 0.25) is 10.0 Å². The van der Waals surface area contributed by atoms with E-state index in [1.807, 2.05) is 30.3 Å². The van der Waals surface area contributed by atoms with Crippen LogP contribution in [0.3, 0.4) is 0 Å². The quantitative estimate of drug-likeness (QED) is 0.739. The number of thioether (sulfide) groups is 1. The standard InChI is InChI=1S/C20H15Cl2N3O3S/c21-12-7-5-11(6-8-12)16-9-15(13-3-1-2-4-14(13)22)24-25(16)20-23-19(28)17(29-20)10-18(26)27/h1-8,16-17H,9-10H2,(H,26,27). The molecule has 0 fully saturated rings. The van der Waals surface area contributed by atoms with Gasteiger partial charge in [0.15, 0.2) is 5.17 Å². The normalized spacial score (nSPS) is 21.3. The van der Waals surface area contributed by atoms with Crippen molar-refractivity contribution in [2.75, 3.05) is 0 Å². The second-order valence-electron chi connectivity index (χ2n) is 6.58. The highest BCUT2D eigenvalue weighted by atomic mass is 35.5. The number of hydrogen-bond acceptors (Lipinski definition) is 5. The molecular formula is C20H15Cl2N3O3S. The number of benzene rings is 2. The number of halogens is 2. The first kappa shape index (κ1) is 19.9. The van der Waals surface area contributed by atoms with E-state index < -0.39 is 17.1 Å². The van der Waals surface area contributed by atoms with E-state index in [1.165, 1.54) is 0 Å². The number of carbonyl (C=O) groups excluding carboxylic acids is 1. The van der Waals surface area contributed by atoms with Crippen LogP contribution >= 0.6 is 35.0 Å². The molecule has 0 bridgehead atoms. The molecular weight excluding hydrogens is 433 g/mol. The summed E-state index contributed by atoms with van der Waals surface area (Å²) in [5.74, 6) is -1.49. The molecule has 2 aromatic rings. The number of amides is 1. The van der Waals surface area contributed by atoms with E-state index in [-0.39, 0.29) is 12.5 Å². The molecule has 2 atom stereocenters. The third kappa shape index (κ3) is 4.17. The van der Waals surface area contributed by atoms with Crippen molar-refractivity contribution in [2.45, 2.75) is 24.1 Å². The number of aliphatic imine (C=N–C) groups is 1. The van der Waals surface area contributed by atoms with Crippen LogP contribution < -0.4 is 0 Å². The van der Waals surface area contributed by atoms with Gasteiger partial charge in [0.1, 0.15) is 5.25 Å². The fourth-order valence-corrected chi connectivity index (χ4v) is 4.68. The molecule has 6 nitrogen and oxygen atoms in total. The second-order valence-corrected chi connectivity index (χ2v) is 8.59. The molecule has 0 saturated carbocycles. The van der Waals surface area contributed by atoms with Crippen molar-refractivity contribution in [3.8, 4) is 0 Å². The average Bonchev–Trinajstić information content (AvgIpc) is 3.27. The van der Waals surface area contributed by atoms with Gasteiger partial charge in [0.25, 0.3) is 5.91 Å². The summed E-state index contributed by atoms with van der Waals surface area (Å²) in [4.78, 5) is 27.3. The van der Waals surface area contributed by atoms with Gasteiger partial charge < -0.3 is 5.11 Å². The number of aliphatic carboxylic acids is 1. The van der Waals surface area contributed by atoms with Crippen LogP contribution in [-0.4, -0.2) is 38.1 Å². The Morgan fingerprint density at radius 2 is 1.90 bits per heavy atom. The molecule has 2 heterocycles. The topological polar surface area (TPSA) is 82.3 Å². The maximum absolute atomic E-state index is 12.2. The fraction of sp³-hybridized carbons (Fsp3) is 0.200. The van der Waals surface area contributed by atoms with E-state index in [4.69, 9.17) is 33.4 Å². The van der Waals surface area contributed by atoms with Crippen molar-refractivity contribution in [1.82, 2.24) is 5.01 Å². The Kier molecular flexibility index (Phi) is 5.63. The van der Waals surface area contributed by atoms with Gasteiger partial charge >= 0.3 is 5.97 Å². The van der Waals surface area contributed by atoms with Crippen LogP contribution in [0.25, 0.3) is 0 Å². The molecule has 0 saturated heterocycles. The summed E-state index contributed by atoms with van der Waals surface area (Å²) < 4.78 is 0. The van der Waals surface area contributed by atoms with Crippen molar-refractivity contribution < 1.29 is 14.7 Å². The molecule has 4 rings (SSSR count).